The Morgan fingerprint density at radius 1 is 0.759 bits per heavy atom. The van der Waals surface area contributed by atoms with Crippen molar-refractivity contribution in [1.82, 2.24) is 15.6 Å². The van der Waals surface area contributed by atoms with Crippen LogP contribution in [-0.2, 0) is 33.3 Å². The molecule has 4 aromatic rings. The number of carbonyl (C=O) groups is 3. The van der Waals surface area contributed by atoms with E-state index in [1.807, 2.05) is 74.5 Å². The van der Waals surface area contributed by atoms with Crippen molar-refractivity contribution in [2.24, 2.45) is 0 Å². The van der Waals surface area contributed by atoms with Gasteiger partial charge in [-0.1, -0.05) is 87.0 Å². The summed E-state index contributed by atoms with van der Waals surface area (Å²) in [5, 5.41) is 20.6. The van der Waals surface area contributed by atoms with Crippen molar-refractivity contribution in [3.05, 3.63) is 89.6 Å². The zero-order valence-corrected chi connectivity index (χ0v) is 34.7. The van der Waals surface area contributed by atoms with E-state index in [0.29, 0.717) is 82.2 Å². The Morgan fingerprint density at radius 3 is 2.03 bits per heavy atom. The summed E-state index contributed by atoms with van der Waals surface area (Å²) in [6, 6.07) is 21.9. The molecule has 14 heteroatoms. The van der Waals surface area contributed by atoms with Crippen LogP contribution < -0.4 is 20.7 Å². The first-order valence-electron chi connectivity index (χ1n) is 20.0. The number of nitrogens with one attached hydrogen (secondary N) is 3. The van der Waals surface area contributed by atoms with E-state index in [-0.39, 0.29) is 25.3 Å². The lowest BCUT2D eigenvalue weighted by Crippen LogP contribution is -2.39. The number of halogens is 1. The minimum absolute atomic E-state index is 0.248. The van der Waals surface area contributed by atoms with E-state index < -0.39 is 17.9 Å². The van der Waals surface area contributed by atoms with E-state index in [9.17, 15) is 19.5 Å². The molecule has 0 spiro atoms. The number of pyridine rings is 1. The number of carbonyl (C=O) groups excluding carboxylic acids is 2. The van der Waals surface area contributed by atoms with Gasteiger partial charge in [-0.3, -0.25) is 14.4 Å². The van der Waals surface area contributed by atoms with Gasteiger partial charge in [0.2, 0.25) is 11.8 Å². The van der Waals surface area contributed by atoms with Crippen molar-refractivity contribution < 1.29 is 43.2 Å². The van der Waals surface area contributed by atoms with Crippen LogP contribution in [0, 0.1) is 0 Å². The highest BCUT2D eigenvalue weighted by molar-refractivity contribution is 6.30. The summed E-state index contributed by atoms with van der Waals surface area (Å²) in [6.07, 6.45) is 3.87. The van der Waals surface area contributed by atoms with Crippen LogP contribution in [0.2, 0.25) is 5.02 Å². The number of hydrogen-bond acceptors (Lipinski definition) is 10. The molecule has 1 unspecified atom stereocenters. The molecule has 58 heavy (non-hydrogen) atoms. The molecular weight excluding hydrogens is 764 g/mol. The average Bonchev–Trinajstić information content (AvgIpc) is 3.23. The normalized spacial score (nSPS) is 11.3. The summed E-state index contributed by atoms with van der Waals surface area (Å²) >= 11 is 5.96. The number of anilines is 1. The molecule has 0 aliphatic heterocycles. The van der Waals surface area contributed by atoms with E-state index in [2.05, 4.69) is 27.9 Å². The first-order chi connectivity index (χ1) is 28.3. The molecule has 0 bridgehead atoms. The molecule has 0 aliphatic carbocycles. The summed E-state index contributed by atoms with van der Waals surface area (Å²) in [7, 11) is 0. The van der Waals surface area contributed by atoms with Crippen molar-refractivity contribution in [2.45, 2.75) is 58.9 Å². The second kappa shape index (κ2) is 28.6. The average molecular weight is 823 g/mol. The zero-order chi connectivity index (χ0) is 41.8. The highest BCUT2D eigenvalue weighted by Gasteiger charge is 2.19. The van der Waals surface area contributed by atoms with Crippen LogP contribution in [0.5, 0.6) is 5.75 Å². The smallest absolute Gasteiger partial charge is 0.305 e. The van der Waals surface area contributed by atoms with Gasteiger partial charge >= 0.3 is 5.97 Å². The number of aliphatic carboxylic acids is 1. The van der Waals surface area contributed by atoms with Gasteiger partial charge in [0.05, 0.1) is 65.3 Å². The van der Waals surface area contributed by atoms with Crippen molar-refractivity contribution in [3.8, 4) is 16.9 Å². The van der Waals surface area contributed by atoms with Crippen molar-refractivity contribution >= 4 is 46.0 Å². The maximum atomic E-state index is 12.8. The van der Waals surface area contributed by atoms with E-state index in [1.165, 1.54) is 0 Å². The third-order valence-electron chi connectivity index (χ3n) is 8.48. The number of nitrogens with zero attached hydrogens (tertiary/aromatic N) is 1. The van der Waals surface area contributed by atoms with Crippen LogP contribution >= 0.6 is 11.6 Å². The molecule has 1 atom stereocenters. The van der Waals surface area contributed by atoms with Gasteiger partial charge in [-0.05, 0) is 59.5 Å². The maximum absolute atomic E-state index is 12.8. The molecule has 0 saturated heterocycles. The Labute approximate surface area is 347 Å². The van der Waals surface area contributed by atoms with E-state index in [4.69, 9.17) is 35.3 Å². The third-order valence-corrected chi connectivity index (χ3v) is 8.71. The molecule has 3 aromatic carbocycles. The highest BCUT2D eigenvalue weighted by Crippen LogP contribution is 2.35. The predicted octanol–water partition coefficient (Wildman–Crippen LogP) is 7.47. The molecule has 4 rings (SSSR count). The Bertz CT molecular complexity index is 1790. The molecule has 1 heterocycles. The third kappa shape index (κ3) is 18.2. The number of fused-ring (bicyclic) bond motifs is 1. The number of benzene rings is 3. The maximum Gasteiger partial charge on any atom is 0.305 e. The van der Waals surface area contributed by atoms with Gasteiger partial charge in [0.15, 0.2) is 0 Å². The van der Waals surface area contributed by atoms with Crippen LogP contribution in [0.4, 0.5) is 5.82 Å². The summed E-state index contributed by atoms with van der Waals surface area (Å²) in [4.78, 5) is 41.0. The first-order valence-corrected chi connectivity index (χ1v) is 20.4. The fourth-order valence-corrected chi connectivity index (χ4v) is 5.89. The Hall–Kier alpha value is -4.79. The number of carboxylic acids is 1. The van der Waals surface area contributed by atoms with Gasteiger partial charge in [0.1, 0.15) is 18.2 Å². The van der Waals surface area contributed by atoms with Crippen LogP contribution in [0.15, 0.2) is 79.0 Å². The second-order valence-electron chi connectivity index (χ2n) is 12.8. The summed E-state index contributed by atoms with van der Waals surface area (Å²) in [5.41, 5.74) is 2.53. The van der Waals surface area contributed by atoms with Crippen LogP contribution in [0.25, 0.3) is 21.9 Å². The number of unbranched alkanes of at least 4 members (excludes halogenated alkanes) is 1. The lowest BCUT2D eigenvalue weighted by Gasteiger charge is -2.19. The molecule has 0 radical (unpaired) electrons. The standard InChI is InChI=1S/C42H53ClN4O9.C2H6/c1-2-19-52-20-21-53-22-23-54-24-25-55-26-27-56-38-15-14-34(35-7-3-4-8-36(35)38)31-10-12-32(13-11-31)37(29-42(50)51)47-41(49)30-46-40(48)9-5-6-17-44-39-28-33(43)16-18-45-39;1-2/h3-4,7-8,10-16,18,28,37H,2,5-6,9,17,19-27,29-30H2,1H3,(H,44,45)(H,46,48)(H,47,49)(H,50,51);1-2H3. The van der Waals surface area contributed by atoms with E-state index >= 15 is 0 Å². The van der Waals surface area contributed by atoms with Gasteiger partial charge in [-0.2, -0.15) is 0 Å². The number of rotatable bonds is 28. The minimum Gasteiger partial charge on any atom is -0.491 e. The quantitative estimate of drug-likeness (QED) is 0.0420. The van der Waals surface area contributed by atoms with Crippen molar-refractivity contribution in [3.63, 3.8) is 0 Å². The number of carboxylic acid groups (broad SMARTS) is 1. The van der Waals surface area contributed by atoms with Crippen LogP contribution in [0.1, 0.15) is 64.5 Å². The first kappa shape index (κ1) is 47.6. The molecule has 1 aromatic heterocycles. The SMILES string of the molecule is CC.CCCOCCOCCOCCOCCOc1ccc(-c2ccc(C(CC(=O)O)NC(=O)CNC(=O)CCCCNc3cc(Cl)ccn3)cc2)c2ccccc12. The van der Waals surface area contributed by atoms with Gasteiger partial charge < -0.3 is 44.7 Å². The largest absolute Gasteiger partial charge is 0.491 e. The van der Waals surface area contributed by atoms with E-state index in [1.54, 1.807) is 18.3 Å². The molecule has 0 fully saturated rings. The molecule has 13 nitrogen and oxygen atoms in total. The molecule has 2 amide bonds. The number of amides is 2. The monoisotopic (exact) mass is 822 g/mol. The number of aromatic nitrogens is 1. The Morgan fingerprint density at radius 2 is 1.40 bits per heavy atom. The molecular formula is C44H59ClN4O9. The second-order valence-corrected chi connectivity index (χ2v) is 13.3. The molecule has 0 saturated carbocycles. The Kier molecular flexibility index (Phi) is 23.5. The number of hydrogen-bond donors (Lipinski definition) is 4. The van der Waals surface area contributed by atoms with Gasteiger partial charge in [0.25, 0.3) is 0 Å². The summed E-state index contributed by atoms with van der Waals surface area (Å²) in [6.45, 7) is 11.1. The lowest BCUT2D eigenvalue weighted by molar-refractivity contribution is -0.138. The highest BCUT2D eigenvalue weighted by atomic mass is 35.5. The van der Waals surface area contributed by atoms with Crippen LogP contribution in [0.3, 0.4) is 0 Å². The summed E-state index contributed by atoms with van der Waals surface area (Å²) in [5.74, 6) is -0.403. The zero-order valence-electron chi connectivity index (χ0n) is 33.9. The van der Waals surface area contributed by atoms with Gasteiger partial charge in [0, 0.05) is 36.2 Å². The fraction of sp³-hybridized carbons (Fsp3) is 0.455. The van der Waals surface area contributed by atoms with Crippen molar-refractivity contribution in [1.29, 1.82) is 0 Å². The van der Waals surface area contributed by atoms with Crippen molar-refractivity contribution in [2.75, 3.05) is 77.9 Å². The minimum atomic E-state index is -1.06. The molecule has 0 aliphatic rings. The summed E-state index contributed by atoms with van der Waals surface area (Å²) < 4.78 is 28.1. The van der Waals surface area contributed by atoms with E-state index in [0.717, 1.165) is 47.1 Å². The predicted molar refractivity (Wildman–Crippen MR) is 228 cm³/mol. The van der Waals surface area contributed by atoms with Gasteiger partial charge in [-0.25, -0.2) is 4.98 Å². The number of ether oxygens (including phenoxy) is 5. The fourth-order valence-electron chi connectivity index (χ4n) is 5.73. The topological polar surface area (TPSA) is 167 Å². The van der Waals surface area contributed by atoms with Crippen LogP contribution in [-0.4, -0.2) is 100 Å². The molecule has 4 N–H and O–H groups in total. The van der Waals surface area contributed by atoms with Gasteiger partial charge in [-0.15, -0.1) is 0 Å². The Balaban J connectivity index is 0.00000443. The molecule has 316 valence electrons. The lowest BCUT2D eigenvalue weighted by atomic mass is 9.95.